The van der Waals surface area contributed by atoms with Gasteiger partial charge in [0.1, 0.15) is 5.92 Å². The predicted octanol–water partition coefficient (Wildman–Crippen LogP) is 5.09. The molecule has 1 heterocycles. The van der Waals surface area contributed by atoms with Crippen molar-refractivity contribution in [1.82, 2.24) is 0 Å². The summed E-state index contributed by atoms with van der Waals surface area (Å²) in [6, 6.07) is 17.4. The molecule has 4 rings (SSSR count). The summed E-state index contributed by atoms with van der Waals surface area (Å²) in [5.74, 6) is -1.43. The number of methoxy groups -OCH3 is 1. The molecular formula is C24H22ClNO3. The van der Waals surface area contributed by atoms with Crippen LogP contribution in [0.2, 0.25) is 5.02 Å². The molecule has 0 saturated heterocycles. The topological polar surface area (TPSA) is 55.7 Å². The summed E-state index contributed by atoms with van der Waals surface area (Å²) in [5, 5.41) is 0.533. The Balaban J connectivity index is 1.84. The van der Waals surface area contributed by atoms with E-state index in [1.165, 1.54) is 7.11 Å². The molecule has 2 aliphatic rings. The van der Waals surface area contributed by atoms with E-state index in [1.807, 2.05) is 55.5 Å². The lowest BCUT2D eigenvalue weighted by molar-refractivity contribution is -0.143. The van der Waals surface area contributed by atoms with Gasteiger partial charge in [-0.3, -0.25) is 14.6 Å². The second-order valence-electron chi connectivity index (χ2n) is 7.55. The zero-order valence-corrected chi connectivity index (χ0v) is 17.1. The summed E-state index contributed by atoms with van der Waals surface area (Å²) in [7, 11) is 1.36. The maximum absolute atomic E-state index is 13.3. The number of nitrogens with zero attached hydrogens (tertiary/aromatic N) is 1. The minimum Gasteiger partial charge on any atom is -0.468 e. The number of ether oxygens (including phenoxy) is 1. The summed E-state index contributed by atoms with van der Waals surface area (Å²) in [6.07, 6.45) is 1.06. The number of ketones is 1. The van der Waals surface area contributed by atoms with Crippen LogP contribution in [0, 0.1) is 5.92 Å². The van der Waals surface area contributed by atoms with Gasteiger partial charge in [-0.2, -0.15) is 0 Å². The molecule has 0 spiro atoms. The van der Waals surface area contributed by atoms with Crippen LogP contribution in [0.4, 0.5) is 0 Å². The molecule has 4 nitrogen and oxygen atoms in total. The first kappa shape index (κ1) is 19.6. The highest BCUT2D eigenvalue weighted by molar-refractivity contribution is 6.31. The number of esters is 1. The summed E-state index contributed by atoms with van der Waals surface area (Å²) in [5.41, 5.74) is 3.91. The van der Waals surface area contributed by atoms with Gasteiger partial charge in [0, 0.05) is 34.3 Å². The molecule has 5 heteroatoms. The molecule has 0 aromatic heterocycles. The summed E-state index contributed by atoms with van der Waals surface area (Å²) in [4.78, 5) is 30.7. The van der Waals surface area contributed by atoms with Crippen LogP contribution in [0.1, 0.15) is 42.7 Å². The maximum Gasteiger partial charge on any atom is 0.315 e. The standard InChI is InChI=1S/C24H22ClNO3/c1-14-21(24(28)29-2)22(17-10-6-7-11-18(17)25)23-19(26-14)12-16(13-20(23)27)15-8-4-3-5-9-15/h3-11,16,21-22H,12-13H2,1-2H3/t16-,21?,22-/m1/s1. The zero-order chi connectivity index (χ0) is 20.5. The molecule has 0 fully saturated rings. The highest BCUT2D eigenvalue weighted by atomic mass is 35.5. The molecule has 0 bridgehead atoms. The van der Waals surface area contributed by atoms with E-state index in [9.17, 15) is 9.59 Å². The molecule has 0 radical (unpaired) electrons. The molecule has 29 heavy (non-hydrogen) atoms. The third-order valence-corrected chi connectivity index (χ3v) is 6.20. The van der Waals surface area contributed by atoms with Crippen molar-refractivity contribution in [2.45, 2.75) is 31.6 Å². The van der Waals surface area contributed by atoms with Crippen molar-refractivity contribution in [2.75, 3.05) is 7.11 Å². The van der Waals surface area contributed by atoms with Gasteiger partial charge >= 0.3 is 5.97 Å². The SMILES string of the molecule is COC(=O)C1C(C)=NC2=C(C(=O)C[C@H](c3ccccc3)C2)[C@@H]1c1ccccc1Cl. The van der Waals surface area contributed by atoms with Gasteiger partial charge in [-0.25, -0.2) is 0 Å². The van der Waals surface area contributed by atoms with E-state index >= 15 is 0 Å². The second kappa shape index (κ2) is 7.96. The quantitative estimate of drug-likeness (QED) is 0.666. The van der Waals surface area contributed by atoms with Crippen LogP contribution in [-0.4, -0.2) is 24.6 Å². The lowest BCUT2D eigenvalue weighted by atomic mass is 9.69. The summed E-state index contributed by atoms with van der Waals surface area (Å²) >= 11 is 6.50. The molecule has 148 valence electrons. The predicted molar refractivity (Wildman–Crippen MR) is 113 cm³/mol. The van der Waals surface area contributed by atoms with E-state index in [2.05, 4.69) is 0 Å². The van der Waals surface area contributed by atoms with Gasteiger partial charge in [0.15, 0.2) is 5.78 Å². The van der Waals surface area contributed by atoms with Gasteiger partial charge in [0.05, 0.1) is 7.11 Å². The van der Waals surface area contributed by atoms with Crippen molar-refractivity contribution in [1.29, 1.82) is 0 Å². The van der Waals surface area contributed by atoms with Crippen LogP contribution >= 0.6 is 11.6 Å². The van der Waals surface area contributed by atoms with E-state index in [1.54, 1.807) is 6.07 Å². The van der Waals surface area contributed by atoms with Gasteiger partial charge in [0.2, 0.25) is 0 Å². The molecule has 0 amide bonds. The van der Waals surface area contributed by atoms with Gasteiger partial charge in [-0.05, 0) is 36.5 Å². The van der Waals surface area contributed by atoms with Gasteiger partial charge in [-0.1, -0.05) is 60.1 Å². The number of carbonyl (C=O) groups is 2. The Labute approximate surface area is 175 Å². The Bertz CT molecular complexity index is 1030. The van der Waals surface area contributed by atoms with Crippen molar-refractivity contribution in [2.24, 2.45) is 10.9 Å². The minimum absolute atomic E-state index is 0.0233. The monoisotopic (exact) mass is 407 g/mol. The van der Waals surface area contributed by atoms with E-state index in [0.29, 0.717) is 29.1 Å². The summed E-state index contributed by atoms with van der Waals surface area (Å²) in [6.45, 7) is 1.83. The van der Waals surface area contributed by atoms with E-state index in [-0.39, 0.29) is 11.7 Å². The average Bonchev–Trinajstić information content (AvgIpc) is 2.73. The molecule has 0 N–H and O–H groups in total. The van der Waals surface area contributed by atoms with E-state index in [0.717, 1.165) is 16.8 Å². The van der Waals surface area contributed by atoms with Crippen molar-refractivity contribution in [3.8, 4) is 0 Å². The highest BCUT2D eigenvalue weighted by Gasteiger charge is 2.45. The fraction of sp³-hybridized carbons (Fsp3) is 0.292. The largest absolute Gasteiger partial charge is 0.468 e. The first-order valence-electron chi connectivity index (χ1n) is 9.70. The van der Waals surface area contributed by atoms with Crippen molar-refractivity contribution in [3.05, 3.63) is 82.0 Å². The molecule has 1 unspecified atom stereocenters. The second-order valence-corrected chi connectivity index (χ2v) is 7.96. The number of benzene rings is 2. The molecule has 3 atom stereocenters. The lowest BCUT2D eigenvalue weighted by Crippen LogP contribution is -2.37. The number of allylic oxidation sites excluding steroid dienone is 2. The van der Waals surface area contributed by atoms with Crippen LogP contribution in [0.3, 0.4) is 0 Å². The van der Waals surface area contributed by atoms with Crippen molar-refractivity contribution < 1.29 is 14.3 Å². The maximum atomic E-state index is 13.3. The van der Waals surface area contributed by atoms with Gasteiger partial charge in [-0.15, -0.1) is 0 Å². The van der Waals surface area contributed by atoms with Crippen LogP contribution in [0.5, 0.6) is 0 Å². The minimum atomic E-state index is -0.657. The Kier molecular flexibility index (Phi) is 5.37. The molecule has 1 aliphatic heterocycles. The van der Waals surface area contributed by atoms with Crippen LogP contribution in [0.15, 0.2) is 70.9 Å². The molecular weight excluding hydrogens is 386 g/mol. The van der Waals surface area contributed by atoms with E-state index in [4.69, 9.17) is 21.3 Å². The lowest BCUT2D eigenvalue weighted by Gasteiger charge is -2.36. The number of halogens is 1. The Morgan fingerprint density at radius 3 is 2.45 bits per heavy atom. The van der Waals surface area contributed by atoms with Crippen LogP contribution < -0.4 is 0 Å². The first-order chi connectivity index (χ1) is 14.0. The highest BCUT2D eigenvalue weighted by Crippen LogP contribution is 2.48. The fourth-order valence-electron chi connectivity index (χ4n) is 4.52. The third kappa shape index (κ3) is 3.53. The molecule has 2 aromatic rings. The molecule has 0 saturated carbocycles. The van der Waals surface area contributed by atoms with Gasteiger partial charge < -0.3 is 4.74 Å². The smallest absolute Gasteiger partial charge is 0.315 e. The normalized spacial score (nSPS) is 24.0. The molecule has 2 aromatic carbocycles. The summed E-state index contributed by atoms with van der Waals surface area (Å²) < 4.78 is 5.06. The van der Waals surface area contributed by atoms with Crippen molar-refractivity contribution >= 4 is 29.1 Å². The Hall–Kier alpha value is -2.72. The fourth-order valence-corrected chi connectivity index (χ4v) is 4.77. The zero-order valence-electron chi connectivity index (χ0n) is 16.4. The first-order valence-corrected chi connectivity index (χ1v) is 10.1. The van der Waals surface area contributed by atoms with Gasteiger partial charge in [0.25, 0.3) is 0 Å². The number of Topliss-reactive ketones (excluding diaryl/α,β-unsaturated/α-hetero) is 1. The van der Waals surface area contributed by atoms with Crippen LogP contribution in [-0.2, 0) is 14.3 Å². The van der Waals surface area contributed by atoms with E-state index < -0.39 is 17.8 Å². The number of carbonyl (C=O) groups excluding carboxylic acids is 2. The average molecular weight is 408 g/mol. The Morgan fingerprint density at radius 1 is 1.07 bits per heavy atom. The Morgan fingerprint density at radius 2 is 1.76 bits per heavy atom. The third-order valence-electron chi connectivity index (χ3n) is 5.85. The number of aliphatic imine (C=N–C) groups is 1. The number of hydrogen-bond acceptors (Lipinski definition) is 4. The van der Waals surface area contributed by atoms with Crippen molar-refractivity contribution in [3.63, 3.8) is 0 Å². The molecule has 1 aliphatic carbocycles. The number of hydrogen-bond donors (Lipinski definition) is 0. The number of rotatable bonds is 3. The van der Waals surface area contributed by atoms with Crippen LogP contribution in [0.25, 0.3) is 0 Å².